The molecular formula is C38H41BrN4O4. The van der Waals surface area contributed by atoms with E-state index in [0.29, 0.717) is 12.8 Å². The van der Waals surface area contributed by atoms with Crippen LogP contribution in [0, 0.1) is 22.7 Å². The van der Waals surface area contributed by atoms with Gasteiger partial charge in [0.15, 0.2) is 11.6 Å². The summed E-state index contributed by atoms with van der Waals surface area (Å²) in [5, 5.41) is 19.1. The monoisotopic (exact) mass is 696 g/mol. The second-order valence-electron chi connectivity index (χ2n) is 13.1. The van der Waals surface area contributed by atoms with Gasteiger partial charge in [0.2, 0.25) is 0 Å². The van der Waals surface area contributed by atoms with Crippen molar-refractivity contribution in [2.45, 2.75) is 63.6 Å². The normalized spacial score (nSPS) is 20.0. The third-order valence-electron chi connectivity index (χ3n) is 10.2. The number of carbonyl (C=O) groups excluding carboxylic acids is 2. The van der Waals surface area contributed by atoms with Crippen molar-refractivity contribution in [2.24, 2.45) is 0 Å². The molecule has 0 saturated carbocycles. The molecule has 2 heterocycles. The molecule has 47 heavy (non-hydrogen) atoms. The Morgan fingerprint density at radius 2 is 1.19 bits per heavy atom. The van der Waals surface area contributed by atoms with E-state index >= 15 is 0 Å². The number of hydrogen-bond donors (Lipinski definition) is 0. The molecule has 0 bridgehead atoms. The number of hydrogen-bond acceptors (Lipinski definition) is 8. The van der Waals surface area contributed by atoms with Crippen LogP contribution >= 0.6 is 15.9 Å². The maximum absolute atomic E-state index is 12.4. The predicted molar refractivity (Wildman–Crippen MR) is 186 cm³/mol. The molecule has 4 aliphatic rings. The van der Waals surface area contributed by atoms with Gasteiger partial charge in [-0.2, -0.15) is 10.5 Å². The molecule has 2 aromatic carbocycles. The molecule has 0 spiro atoms. The number of nitrogens with zero attached hydrogens (tertiary/aromatic N) is 4. The Morgan fingerprint density at radius 3 is 1.60 bits per heavy atom. The summed E-state index contributed by atoms with van der Waals surface area (Å²) in [6.07, 6.45) is 5.89. The number of methoxy groups -OCH3 is 2. The lowest BCUT2D eigenvalue weighted by Gasteiger charge is -2.41. The van der Waals surface area contributed by atoms with Crippen LogP contribution in [0.2, 0.25) is 0 Å². The highest BCUT2D eigenvalue weighted by Crippen LogP contribution is 2.38. The molecule has 0 N–H and O–H groups in total. The zero-order valence-electron chi connectivity index (χ0n) is 27.6. The van der Waals surface area contributed by atoms with Crippen molar-refractivity contribution in [3.63, 3.8) is 0 Å². The Morgan fingerprint density at radius 1 is 0.766 bits per heavy atom. The van der Waals surface area contributed by atoms with E-state index in [1.807, 2.05) is 36.4 Å². The molecule has 0 amide bonds. The number of allylic oxidation sites excluding steroid dienone is 2. The van der Waals surface area contributed by atoms with Gasteiger partial charge in [0, 0.05) is 68.8 Å². The Bertz CT molecular complexity index is 1750. The van der Waals surface area contributed by atoms with Gasteiger partial charge in [-0.05, 0) is 74.4 Å². The highest BCUT2D eigenvalue weighted by atomic mass is 79.9. The molecule has 9 heteroatoms. The van der Waals surface area contributed by atoms with E-state index in [0.717, 1.165) is 95.5 Å². The first kappa shape index (κ1) is 34.3. The van der Waals surface area contributed by atoms with Crippen LogP contribution in [0.5, 0.6) is 0 Å². The van der Waals surface area contributed by atoms with Crippen LogP contribution in [0.4, 0.5) is 0 Å². The quantitative estimate of drug-likeness (QED) is 0.349. The van der Waals surface area contributed by atoms with E-state index in [9.17, 15) is 20.1 Å². The molecule has 0 radical (unpaired) electrons. The van der Waals surface area contributed by atoms with Gasteiger partial charge in [0.25, 0.3) is 0 Å². The van der Waals surface area contributed by atoms with Gasteiger partial charge in [-0.1, -0.05) is 46.8 Å². The lowest BCUT2D eigenvalue weighted by atomic mass is 9.85. The molecule has 2 aliphatic carbocycles. The van der Waals surface area contributed by atoms with Crippen LogP contribution in [0.15, 0.2) is 58.6 Å². The van der Waals surface area contributed by atoms with Gasteiger partial charge in [-0.3, -0.25) is 9.59 Å². The molecule has 2 saturated heterocycles. The summed E-state index contributed by atoms with van der Waals surface area (Å²) >= 11 is 3.50. The second kappa shape index (κ2) is 14.0. The third kappa shape index (κ3) is 6.99. The van der Waals surface area contributed by atoms with Crippen molar-refractivity contribution in [1.82, 2.24) is 9.80 Å². The molecule has 6 rings (SSSR count). The predicted octanol–water partition coefficient (Wildman–Crippen LogP) is 6.50. The van der Waals surface area contributed by atoms with Crippen LogP contribution < -0.4 is 0 Å². The number of Topliss-reactive ketones (excluding diaryl/α,β-unsaturated/α-hetero) is 2. The number of ether oxygens (including phenoxy) is 2. The number of halogens is 1. The summed E-state index contributed by atoms with van der Waals surface area (Å²) in [6, 6.07) is 16.2. The summed E-state index contributed by atoms with van der Waals surface area (Å²) in [5.74, 6) is -0.177. The molecule has 2 aliphatic heterocycles. The largest absolute Gasteiger partial charge is 0.378 e. The molecule has 0 unspecified atom stereocenters. The Hall–Kier alpha value is -4.02. The maximum Gasteiger partial charge on any atom is 0.179 e. The van der Waals surface area contributed by atoms with E-state index in [1.54, 1.807) is 20.3 Å². The number of piperidine rings is 2. The SMILES string of the molecule is C=Cc1ccc2c(c1)C(N1CCC(C)(OC)CC1)=C(C#N)C(=O)C2.COC1(C)CCN(C2=C(C#N)C(=O)Cc3ccc(Br)cc32)CC1. The highest BCUT2D eigenvalue weighted by molar-refractivity contribution is 9.10. The summed E-state index contributed by atoms with van der Waals surface area (Å²) in [6.45, 7) is 11.2. The second-order valence-corrected chi connectivity index (χ2v) is 14.0. The number of rotatable bonds is 5. The lowest BCUT2D eigenvalue weighted by molar-refractivity contribution is -0.115. The van der Waals surface area contributed by atoms with Gasteiger partial charge in [0.05, 0.1) is 22.6 Å². The van der Waals surface area contributed by atoms with Gasteiger partial charge in [-0.15, -0.1) is 0 Å². The fourth-order valence-electron chi connectivity index (χ4n) is 6.78. The van der Waals surface area contributed by atoms with Crippen LogP contribution in [0.3, 0.4) is 0 Å². The first-order chi connectivity index (χ1) is 22.5. The number of likely N-dealkylation sites (tertiary alicyclic amines) is 2. The number of ketones is 2. The molecule has 0 atom stereocenters. The van der Waals surface area contributed by atoms with Crippen molar-refractivity contribution >= 4 is 45.0 Å². The number of benzene rings is 2. The fourth-order valence-corrected chi connectivity index (χ4v) is 7.14. The van der Waals surface area contributed by atoms with E-state index in [4.69, 9.17) is 9.47 Å². The summed E-state index contributed by atoms with van der Waals surface area (Å²) in [4.78, 5) is 29.1. The topological polar surface area (TPSA) is 107 Å². The maximum atomic E-state index is 12.4. The fraction of sp³-hybridized carbons (Fsp3) is 0.421. The van der Waals surface area contributed by atoms with Crippen molar-refractivity contribution in [3.8, 4) is 12.1 Å². The first-order valence-corrected chi connectivity index (χ1v) is 16.8. The van der Waals surface area contributed by atoms with Crippen molar-refractivity contribution in [2.75, 3.05) is 40.4 Å². The Balaban J connectivity index is 0.000000185. The van der Waals surface area contributed by atoms with Crippen molar-refractivity contribution in [3.05, 3.63) is 86.4 Å². The average Bonchev–Trinajstić information content (AvgIpc) is 3.08. The minimum absolute atomic E-state index is 0.0857. The van der Waals surface area contributed by atoms with E-state index in [-0.39, 0.29) is 33.9 Å². The van der Waals surface area contributed by atoms with Gasteiger partial charge >= 0.3 is 0 Å². The standard InChI is InChI=1S/C20H22N2O2.C18H19BrN2O2/c1-4-14-5-6-15-12-18(23)17(13-21)19(16(15)11-14)22-9-7-20(2,24-3)8-10-22;1-18(23-2)5-7-21(8-6-18)17-14-10-13(19)4-3-12(14)9-16(22)15(17)11-20/h4-6,11H,1,7-10,12H2,2-3H3;3-4,10H,5-9H2,1-2H3. The number of carbonyl (C=O) groups is 2. The molecule has 2 fully saturated rings. The minimum atomic E-state index is -0.131. The average molecular weight is 698 g/mol. The number of nitriles is 2. The summed E-state index contributed by atoms with van der Waals surface area (Å²) < 4.78 is 12.2. The molecule has 8 nitrogen and oxygen atoms in total. The van der Waals surface area contributed by atoms with Crippen molar-refractivity contribution in [1.29, 1.82) is 10.5 Å². The summed E-state index contributed by atoms with van der Waals surface area (Å²) in [5.41, 5.74) is 6.85. The number of fused-ring (bicyclic) bond motifs is 2. The van der Waals surface area contributed by atoms with E-state index < -0.39 is 0 Å². The van der Waals surface area contributed by atoms with Crippen LogP contribution in [-0.2, 0) is 31.9 Å². The smallest absolute Gasteiger partial charge is 0.179 e. The van der Waals surface area contributed by atoms with Gasteiger partial charge in [-0.25, -0.2) is 0 Å². The Kier molecular flexibility index (Phi) is 10.2. The van der Waals surface area contributed by atoms with Crippen LogP contribution in [0.1, 0.15) is 67.3 Å². The Labute approximate surface area is 286 Å². The molecule has 0 aromatic heterocycles. The van der Waals surface area contributed by atoms with E-state index in [1.165, 1.54) is 0 Å². The molecule has 2 aromatic rings. The molecular weight excluding hydrogens is 656 g/mol. The van der Waals surface area contributed by atoms with Crippen molar-refractivity contribution < 1.29 is 19.1 Å². The van der Waals surface area contributed by atoms with E-state index in [2.05, 4.69) is 58.3 Å². The zero-order valence-corrected chi connectivity index (χ0v) is 29.2. The molecule has 244 valence electrons. The van der Waals surface area contributed by atoms with Gasteiger partial charge in [0.1, 0.15) is 23.3 Å². The van der Waals surface area contributed by atoms with Gasteiger partial charge < -0.3 is 19.3 Å². The zero-order chi connectivity index (χ0) is 33.9. The third-order valence-corrected chi connectivity index (χ3v) is 10.7. The van der Waals surface area contributed by atoms with Crippen LogP contribution in [0.25, 0.3) is 17.5 Å². The lowest BCUT2D eigenvalue weighted by Crippen LogP contribution is -2.43. The minimum Gasteiger partial charge on any atom is -0.378 e. The summed E-state index contributed by atoms with van der Waals surface area (Å²) in [7, 11) is 3.48. The van der Waals surface area contributed by atoms with Crippen LogP contribution in [-0.4, -0.2) is 73.0 Å². The highest BCUT2D eigenvalue weighted by Gasteiger charge is 2.36. The first-order valence-electron chi connectivity index (χ1n) is 16.0.